The largest absolute Gasteiger partial charge is 0.481 e. The van der Waals surface area contributed by atoms with Crippen molar-refractivity contribution in [3.8, 4) is 0 Å². The lowest BCUT2D eigenvalue weighted by Crippen LogP contribution is -2.49. The van der Waals surface area contributed by atoms with E-state index in [-0.39, 0.29) is 12.1 Å². The van der Waals surface area contributed by atoms with Crippen molar-refractivity contribution in [1.82, 2.24) is 10.2 Å². The fourth-order valence-corrected chi connectivity index (χ4v) is 3.44. The molecule has 2 unspecified atom stereocenters. The zero-order valence-electron chi connectivity index (χ0n) is 13.2. The zero-order valence-corrected chi connectivity index (χ0v) is 13.2. The van der Waals surface area contributed by atoms with Gasteiger partial charge in [-0.25, -0.2) is 4.79 Å². The van der Waals surface area contributed by atoms with Gasteiger partial charge in [-0.2, -0.15) is 0 Å². The molecule has 1 heterocycles. The third kappa shape index (κ3) is 3.17. The molecule has 2 atom stereocenters. The predicted octanol–water partition coefficient (Wildman–Crippen LogP) is 1.86. The van der Waals surface area contributed by atoms with Gasteiger partial charge in [-0.3, -0.25) is 4.79 Å². The van der Waals surface area contributed by atoms with Crippen LogP contribution >= 0.6 is 0 Å². The van der Waals surface area contributed by atoms with Crippen LogP contribution in [0.15, 0.2) is 24.3 Å². The minimum absolute atomic E-state index is 0.189. The fourth-order valence-electron chi connectivity index (χ4n) is 3.44. The number of carbonyl (C=O) groups is 2. The van der Waals surface area contributed by atoms with Crippen LogP contribution in [-0.2, 0) is 4.79 Å². The summed E-state index contributed by atoms with van der Waals surface area (Å²) in [5, 5.41) is 22.3. The number of urea groups is 1. The second-order valence-electron chi connectivity index (χ2n) is 6.74. The van der Waals surface area contributed by atoms with Crippen LogP contribution in [0.25, 0.3) is 0 Å². The third-order valence-electron chi connectivity index (χ3n) is 4.94. The van der Waals surface area contributed by atoms with E-state index in [1.165, 1.54) is 0 Å². The van der Waals surface area contributed by atoms with Gasteiger partial charge in [0.15, 0.2) is 0 Å². The number of nitrogens with one attached hydrogen (secondary N) is 1. The topological polar surface area (TPSA) is 89.9 Å². The molecule has 1 fully saturated rings. The fraction of sp³-hybridized carbons (Fsp3) is 0.529. The highest BCUT2D eigenvalue weighted by molar-refractivity contribution is 5.80. The van der Waals surface area contributed by atoms with Gasteiger partial charge in [0.05, 0.1) is 17.6 Å². The smallest absolute Gasteiger partial charge is 0.317 e. The van der Waals surface area contributed by atoms with Crippen LogP contribution in [0.5, 0.6) is 0 Å². The van der Waals surface area contributed by atoms with Gasteiger partial charge in [0, 0.05) is 13.1 Å². The summed E-state index contributed by atoms with van der Waals surface area (Å²) >= 11 is 0. The molecule has 3 rings (SSSR count). The quantitative estimate of drug-likeness (QED) is 0.776. The van der Waals surface area contributed by atoms with Crippen molar-refractivity contribution in [2.45, 2.75) is 43.7 Å². The van der Waals surface area contributed by atoms with Crippen molar-refractivity contribution in [1.29, 1.82) is 0 Å². The molecule has 0 radical (unpaired) electrons. The Morgan fingerprint density at radius 1 is 1.22 bits per heavy atom. The van der Waals surface area contributed by atoms with Crippen molar-refractivity contribution >= 4 is 12.0 Å². The number of aliphatic hydroxyl groups is 1. The highest BCUT2D eigenvalue weighted by atomic mass is 16.4. The highest BCUT2D eigenvalue weighted by Gasteiger charge is 2.37. The Bertz CT molecular complexity index is 619. The molecule has 2 aliphatic rings. The van der Waals surface area contributed by atoms with Crippen LogP contribution in [0.3, 0.4) is 0 Å². The van der Waals surface area contributed by atoms with Crippen molar-refractivity contribution < 1.29 is 19.8 Å². The Balaban J connectivity index is 1.69. The number of carboxylic acid groups (broad SMARTS) is 1. The van der Waals surface area contributed by atoms with Crippen LogP contribution in [-0.4, -0.2) is 45.8 Å². The molecule has 0 spiro atoms. The van der Waals surface area contributed by atoms with E-state index >= 15 is 0 Å². The van der Waals surface area contributed by atoms with Gasteiger partial charge < -0.3 is 20.4 Å². The SMILES string of the molecule is CC1(O)CCN(C(=O)NC2CC(C(=O)O)c3ccccc32)CC1. The average Bonchev–Trinajstić information content (AvgIpc) is 2.86. The van der Waals surface area contributed by atoms with E-state index in [1.54, 1.807) is 11.8 Å². The van der Waals surface area contributed by atoms with E-state index in [1.807, 2.05) is 24.3 Å². The maximum atomic E-state index is 12.4. The van der Waals surface area contributed by atoms with E-state index in [0.29, 0.717) is 32.4 Å². The number of nitrogens with zero attached hydrogens (tertiary/aromatic N) is 1. The molecule has 0 saturated carbocycles. The van der Waals surface area contributed by atoms with Crippen molar-refractivity contribution in [2.75, 3.05) is 13.1 Å². The van der Waals surface area contributed by atoms with Crippen LogP contribution in [0.1, 0.15) is 49.3 Å². The number of carboxylic acids is 1. The van der Waals surface area contributed by atoms with Crippen LogP contribution < -0.4 is 5.32 Å². The summed E-state index contributed by atoms with van der Waals surface area (Å²) in [5.41, 5.74) is 0.967. The molecule has 1 aromatic carbocycles. The van der Waals surface area contributed by atoms with Gasteiger partial charge in [-0.1, -0.05) is 24.3 Å². The summed E-state index contributed by atoms with van der Waals surface area (Å²) in [7, 11) is 0. The van der Waals surface area contributed by atoms with Gasteiger partial charge in [0.25, 0.3) is 0 Å². The number of amides is 2. The van der Waals surface area contributed by atoms with E-state index < -0.39 is 17.5 Å². The van der Waals surface area contributed by atoms with Gasteiger partial charge in [-0.15, -0.1) is 0 Å². The van der Waals surface area contributed by atoms with Crippen molar-refractivity contribution in [3.05, 3.63) is 35.4 Å². The molecule has 1 aromatic rings. The minimum Gasteiger partial charge on any atom is -0.481 e. The summed E-state index contributed by atoms with van der Waals surface area (Å²) in [6, 6.07) is 6.92. The number of hydrogen-bond donors (Lipinski definition) is 3. The number of hydrogen-bond acceptors (Lipinski definition) is 3. The van der Waals surface area contributed by atoms with Gasteiger partial charge in [0.2, 0.25) is 0 Å². The molecule has 3 N–H and O–H groups in total. The Kier molecular flexibility index (Phi) is 4.02. The van der Waals surface area contributed by atoms with Crippen molar-refractivity contribution in [3.63, 3.8) is 0 Å². The second kappa shape index (κ2) is 5.85. The maximum Gasteiger partial charge on any atom is 0.317 e. The first-order chi connectivity index (χ1) is 10.9. The third-order valence-corrected chi connectivity index (χ3v) is 4.94. The van der Waals surface area contributed by atoms with E-state index in [2.05, 4.69) is 5.32 Å². The molecule has 6 heteroatoms. The van der Waals surface area contributed by atoms with Crippen LogP contribution in [0, 0.1) is 0 Å². The molecule has 0 aromatic heterocycles. The molecule has 0 bridgehead atoms. The second-order valence-corrected chi connectivity index (χ2v) is 6.74. The first-order valence-corrected chi connectivity index (χ1v) is 7.97. The number of piperidine rings is 1. The Morgan fingerprint density at radius 3 is 2.43 bits per heavy atom. The number of likely N-dealkylation sites (tertiary alicyclic amines) is 1. The van der Waals surface area contributed by atoms with Crippen LogP contribution in [0.2, 0.25) is 0 Å². The first kappa shape index (κ1) is 15.8. The monoisotopic (exact) mass is 318 g/mol. The number of fused-ring (bicyclic) bond motifs is 1. The van der Waals surface area contributed by atoms with Gasteiger partial charge >= 0.3 is 12.0 Å². The predicted molar refractivity (Wildman–Crippen MR) is 84.1 cm³/mol. The molecule has 2 amide bonds. The first-order valence-electron chi connectivity index (χ1n) is 7.97. The number of benzene rings is 1. The lowest BCUT2D eigenvalue weighted by atomic mass is 9.94. The average molecular weight is 318 g/mol. The lowest BCUT2D eigenvalue weighted by molar-refractivity contribution is -0.138. The summed E-state index contributed by atoms with van der Waals surface area (Å²) in [6.45, 7) is 2.80. The minimum atomic E-state index is -0.858. The van der Waals surface area contributed by atoms with E-state index in [0.717, 1.165) is 11.1 Å². The van der Waals surface area contributed by atoms with Gasteiger partial charge in [-0.05, 0) is 37.3 Å². The Hall–Kier alpha value is -2.08. The van der Waals surface area contributed by atoms with Crippen LogP contribution in [0.4, 0.5) is 4.79 Å². The summed E-state index contributed by atoms with van der Waals surface area (Å²) < 4.78 is 0. The molecular formula is C17H22N2O4. The number of aliphatic carboxylic acids is 1. The zero-order chi connectivity index (χ0) is 16.6. The lowest BCUT2D eigenvalue weighted by Gasteiger charge is -2.36. The standard InChI is InChI=1S/C17H22N2O4/c1-17(23)6-8-19(9-7-17)16(22)18-14-10-13(15(20)21)11-4-2-3-5-12(11)14/h2-5,13-14,23H,6-10H2,1H3,(H,18,22)(H,20,21). The molecule has 1 aliphatic carbocycles. The summed E-state index contributed by atoms with van der Waals surface area (Å²) in [4.78, 5) is 25.5. The summed E-state index contributed by atoms with van der Waals surface area (Å²) in [5.74, 6) is -1.43. The number of carbonyl (C=O) groups excluding carboxylic acids is 1. The molecule has 1 saturated heterocycles. The normalized spacial score (nSPS) is 25.7. The van der Waals surface area contributed by atoms with Gasteiger partial charge in [0.1, 0.15) is 0 Å². The maximum absolute atomic E-state index is 12.4. The molecular weight excluding hydrogens is 296 g/mol. The number of rotatable bonds is 2. The van der Waals surface area contributed by atoms with E-state index in [4.69, 9.17) is 0 Å². The highest BCUT2D eigenvalue weighted by Crippen LogP contribution is 2.40. The van der Waals surface area contributed by atoms with E-state index in [9.17, 15) is 19.8 Å². The molecule has 124 valence electrons. The Morgan fingerprint density at radius 2 is 1.83 bits per heavy atom. The molecule has 23 heavy (non-hydrogen) atoms. The Labute approximate surface area is 135 Å². The van der Waals surface area contributed by atoms with Crippen molar-refractivity contribution in [2.24, 2.45) is 0 Å². The molecule has 1 aliphatic heterocycles. The molecule has 6 nitrogen and oxygen atoms in total. The summed E-state index contributed by atoms with van der Waals surface area (Å²) in [6.07, 6.45) is 1.49.